The first-order valence-electron chi connectivity index (χ1n) is 13.5. The fourth-order valence-electron chi connectivity index (χ4n) is 6.65. The lowest BCUT2D eigenvalue weighted by Crippen LogP contribution is -2.58. The van der Waals surface area contributed by atoms with Crippen molar-refractivity contribution in [1.82, 2.24) is 4.90 Å². The Morgan fingerprint density at radius 3 is 2.42 bits per heavy atom. The molecule has 5 rings (SSSR count). The van der Waals surface area contributed by atoms with Gasteiger partial charge in [-0.1, -0.05) is 24.3 Å². The number of hydrogen-bond donors (Lipinski definition) is 1. The molecule has 4 aliphatic heterocycles. The van der Waals surface area contributed by atoms with Gasteiger partial charge in [-0.15, -0.1) is 0 Å². The molecule has 0 aromatic heterocycles. The van der Waals surface area contributed by atoms with Gasteiger partial charge in [-0.3, -0.25) is 14.4 Å². The van der Waals surface area contributed by atoms with Crippen LogP contribution in [0.4, 0.5) is 11.4 Å². The monoisotopic (exact) mass is 523 g/mol. The molecular formula is C29H37N3O6. The van der Waals surface area contributed by atoms with Crippen LogP contribution < -0.4 is 9.80 Å². The Morgan fingerprint density at radius 1 is 1.05 bits per heavy atom. The largest absolute Gasteiger partial charge is 0.465 e. The summed E-state index contributed by atoms with van der Waals surface area (Å²) in [7, 11) is 0. The number of ether oxygens (including phenoxy) is 2. The lowest BCUT2D eigenvalue weighted by Gasteiger charge is -2.39. The molecule has 0 saturated carbocycles. The number of rotatable bonds is 6. The minimum Gasteiger partial charge on any atom is -0.465 e. The molecule has 1 N–H and O–H groups in total. The van der Waals surface area contributed by atoms with E-state index >= 15 is 0 Å². The van der Waals surface area contributed by atoms with Crippen LogP contribution in [0.3, 0.4) is 0 Å². The van der Waals surface area contributed by atoms with Crippen molar-refractivity contribution in [3.05, 3.63) is 48.6 Å². The summed E-state index contributed by atoms with van der Waals surface area (Å²) in [5.74, 6) is -3.06. The predicted octanol–water partition coefficient (Wildman–Crippen LogP) is 2.29. The topological polar surface area (TPSA) is 99.6 Å². The van der Waals surface area contributed by atoms with Gasteiger partial charge in [0.1, 0.15) is 17.6 Å². The highest BCUT2D eigenvalue weighted by molar-refractivity contribution is 6.05. The maximum atomic E-state index is 14.4. The zero-order valence-electron chi connectivity index (χ0n) is 22.5. The minimum absolute atomic E-state index is 0.224. The summed E-state index contributed by atoms with van der Waals surface area (Å²) >= 11 is 0. The first-order chi connectivity index (χ1) is 18.2. The van der Waals surface area contributed by atoms with Crippen LogP contribution in [0.25, 0.3) is 0 Å². The molecule has 0 bridgehead atoms. The fourth-order valence-corrected chi connectivity index (χ4v) is 6.65. The SMILES string of the molecule is CCN(CC)c1ccc(N2CC=C[C@]34O[C@]5(C)C=CCCOC(=O)[C@@H]5[C@H]3C(=O)N([C@H](C)CO)C4C2=O)cc1. The number of fused-ring (bicyclic) bond motifs is 2. The Bertz CT molecular complexity index is 1160. The molecule has 38 heavy (non-hydrogen) atoms. The first-order valence-corrected chi connectivity index (χ1v) is 13.5. The second kappa shape index (κ2) is 9.85. The van der Waals surface area contributed by atoms with Crippen molar-refractivity contribution in [2.45, 2.75) is 57.4 Å². The van der Waals surface area contributed by atoms with Gasteiger partial charge < -0.3 is 29.3 Å². The number of hydrogen-bond acceptors (Lipinski definition) is 7. The third-order valence-corrected chi connectivity index (χ3v) is 8.49. The van der Waals surface area contributed by atoms with E-state index in [2.05, 4.69) is 18.7 Å². The second-order valence-electron chi connectivity index (χ2n) is 10.7. The van der Waals surface area contributed by atoms with Gasteiger partial charge in [0.05, 0.1) is 30.8 Å². The summed E-state index contributed by atoms with van der Waals surface area (Å²) in [5.41, 5.74) is -0.723. The van der Waals surface area contributed by atoms with Crippen LogP contribution in [-0.2, 0) is 23.9 Å². The van der Waals surface area contributed by atoms with Crippen molar-refractivity contribution in [1.29, 1.82) is 0 Å². The normalized spacial score (nSPS) is 33.2. The van der Waals surface area contributed by atoms with Crippen LogP contribution in [0.5, 0.6) is 0 Å². The van der Waals surface area contributed by atoms with E-state index in [4.69, 9.17) is 9.47 Å². The standard InChI is InChI=1S/C29H37N3O6/c1-5-30(6-2)20-10-12-21(13-11-20)31-16-9-15-29-22(25(34)32(19(3)18-33)24(29)26(31)35)23-27(36)37-17-8-7-14-28(23,4)38-29/h7,9-15,19,22-24,33H,5-6,8,16-18H2,1-4H3/t19-,22+,23+,24?,28-,29+/m1/s1. The lowest BCUT2D eigenvalue weighted by atomic mass is 9.74. The van der Waals surface area contributed by atoms with Gasteiger partial charge in [0.2, 0.25) is 5.91 Å². The number of anilines is 2. The van der Waals surface area contributed by atoms with Gasteiger partial charge in [0, 0.05) is 31.0 Å². The molecule has 1 aromatic carbocycles. The molecule has 1 unspecified atom stereocenters. The molecular weight excluding hydrogens is 486 g/mol. The van der Waals surface area contributed by atoms with Gasteiger partial charge in [-0.2, -0.15) is 0 Å². The number of likely N-dealkylation sites (tertiary alicyclic amines) is 1. The van der Waals surface area contributed by atoms with Crippen LogP contribution in [0.15, 0.2) is 48.6 Å². The number of nitrogens with zero attached hydrogens (tertiary/aromatic N) is 3. The van der Waals surface area contributed by atoms with Gasteiger partial charge in [-0.05, 0) is 58.4 Å². The third kappa shape index (κ3) is 3.86. The number of esters is 1. The molecule has 4 aliphatic rings. The number of benzene rings is 1. The van der Waals surface area contributed by atoms with E-state index in [-0.39, 0.29) is 31.6 Å². The Kier molecular flexibility index (Phi) is 6.86. The summed E-state index contributed by atoms with van der Waals surface area (Å²) < 4.78 is 12.2. The van der Waals surface area contributed by atoms with Crippen LogP contribution in [-0.4, -0.2) is 83.9 Å². The smallest absolute Gasteiger partial charge is 0.313 e. The number of carbonyl (C=O) groups is 3. The number of carbonyl (C=O) groups excluding carboxylic acids is 3. The number of aliphatic hydroxyl groups is 1. The molecule has 2 amide bonds. The highest BCUT2D eigenvalue weighted by Crippen LogP contribution is 2.57. The van der Waals surface area contributed by atoms with Gasteiger partial charge in [-0.25, -0.2) is 0 Å². The van der Waals surface area contributed by atoms with Crippen molar-refractivity contribution in [2.75, 3.05) is 42.6 Å². The van der Waals surface area contributed by atoms with E-state index in [1.807, 2.05) is 42.5 Å². The molecule has 2 fully saturated rings. The first kappa shape index (κ1) is 26.4. The van der Waals surface area contributed by atoms with Crippen molar-refractivity contribution >= 4 is 29.2 Å². The minimum atomic E-state index is -1.37. The molecule has 4 heterocycles. The Labute approximate surface area is 223 Å². The number of cyclic esters (lactones) is 1. The zero-order valence-corrected chi connectivity index (χ0v) is 22.5. The molecule has 6 atom stereocenters. The Balaban J connectivity index is 1.59. The highest BCUT2D eigenvalue weighted by atomic mass is 16.6. The van der Waals surface area contributed by atoms with Crippen molar-refractivity contribution in [3.8, 4) is 0 Å². The fraction of sp³-hybridized carbons (Fsp3) is 0.552. The highest BCUT2D eigenvalue weighted by Gasteiger charge is 2.75. The summed E-state index contributed by atoms with van der Waals surface area (Å²) in [4.78, 5) is 47.0. The number of aliphatic hydroxyl groups excluding tert-OH is 1. The molecule has 9 heteroatoms. The molecule has 0 radical (unpaired) electrons. The zero-order chi connectivity index (χ0) is 27.2. The van der Waals surface area contributed by atoms with E-state index in [1.165, 1.54) is 4.90 Å². The van der Waals surface area contributed by atoms with Crippen molar-refractivity contribution in [2.24, 2.45) is 11.8 Å². The van der Waals surface area contributed by atoms with Crippen molar-refractivity contribution < 1.29 is 29.0 Å². The van der Waals surface area contributed by atoms with E-state index in [9.17, 15) is 19.5 Å². The molecule has 0 aliphatic carbocycles. The third-order valence-electron chi connectivity index (χ3n) is 8.49. The lowest BCUT2D eigenvalue weighted by molar-refractivity contribution is -0.160. The molecule has 1 spiro atoms. The summed E-state index contributed by atoms with van der Waals surface area (Å²) in [6, 6.07) is 6.12. The van der Waals surface area contributed by atoms with Crippen molar-refractivity contribution in [3.63, 3.8) is 0 Å². The maximum absolute atomic E-state index is 14.4. The quantitative estimate of drug-likeness (QED) is 0.451. The molecule has 1 aromatic rings. The Hall–Kier alpha value is -3.17. The van der Waals surface area contributed by atoms with Crippen LogP contribution in [0, 0.1) is 11.8 Å². The average Bonchev–Trinajstić information content (AvgIpc) is 3.23. The summed E-state index contributed by atoms with van der Waals surface area (Å²) in [5, 5.41) is 10.1. The molecule has 204 valence electrons. The number of amides is 2. The maximum Gasteiger partial charge on any atom is 0.313 e. The van der Waals surface area contributed by atoms with Gasteiger partial charge >= 0.3 is 5.97 Å². The summed E-state index contributed by atoms with van der Waals surface area (Å²) in [6.07, 6.45) is 7.93. The summed E-state index contributed by atoms with van der Waals surface area (Å²) in [6.45, 7) is 9.61. The average molecular weight is 524 g/mol. The molecule has 2 saturated heterocycles. The Morgan fingerprint density at radius 2 is 1.76 bits per heavy atom. The van der Waals surface area contributed by atoms with Crippen LogP contribution >= 0.6 is 0 Å². The van der Waals surface area contributed by atoms with Gasteiger partial charge in [0.25, 0.3) is 5.91 Å². The van der Waals surface area contributed by atoms with E-state index in [0.717, 1.165) is 18.8 Å². The van der Waals surface area contributed by atoms with E-state index in [1.54, 1.807) is 24.8 Å². The molecule has 9 nitrogen and oxygen atoms in total. The second-order valence-corrected chi connectivity index (χ2v) is 10.7. The van der Waals surface area contributed by atoms with Crippen LogP contribution in [0.1, 0.15) is 34.1 Å². The van der Waals surface area contributed by atoms with E-state index < -0.39 is 41.1 Å². The van der Waals surface area contributed by atoms with Gasteiger partial charge in [0.15, 0.2) is 0 Å². The van der Waals surface area contributed by atoms with E-state index in [0.29, 0.717) is 12.1 Å². The predicted molar refractivity (Wildman–Crippen MR) is 143 cm³/mol. The van der Waals surface area contributed by atoms with Crippen LogP contribution in [0.2, 0.25) is 0 Å².